The number of carbonyl (C=O) groups is 1. The normalized spacial score (nSPS) is 17.1. The molecule has 0 saturated carbocycles. The van der Waals surface area contributed by atoms with Gasteiger partial charge in [-0.2, -0.15) is 5.10 Å². The number of rotatable bonds is 6. The smallest absolute Gasteiger partial charge is 0.306 e. The van der Waals surface area contributed by atoms with E-state index in [9.17, 15) is 9.59 Å². The minimum absolute atomic E-state index is 0.0545. The number of fused-ring (bicyclic) bond motifs is 2. The summed E-state index contributed by atoms with van der Waals surface area (Å²) >= 11 is 0. The van der Waals surface area contributed by atoms with E-state index in [2.05, 4.69) is 17.2 Å². The fourth-order valence-corrected chi connectivity index (χ4v) is 6.17. The maximum Gasteiger partial charge on any atom is 0.306 e. The van der Waals surface area contributed by atoms with Crippen LogP contribution in [0, 0.1) is 19.7 Å². The fourth-order valence-electron chi connectivity index (χ4n) is 6.17. The van der Waals surface area contributed by atoms with Gasteiger partial charge in [0.1, 0.15) is 23.4 Å². The van der Waals surface area contributed by atoms with Crippen molar-refractivity contribution in [1.29, 1.82) is 0 Å². The van der Waals surface area contributed by atoms with E-state index in [1.54, 1.807) is 13.1 Å². The molecule has 6 rings (SSSR count). The number of hydrogen-bond acceptors (Lipinski definition) is 6. The second-order valence-corrected chi connectivity index (χ2v) is 10.8. The van der Waals surface area contributed by atoms with Gasteiger partial charge in [0.15, 0.2) is 0 Å². The molecule has 41 heavy (non-hydrogen) atoms. The Bertz CT molecular complexity index is 1720. The number of hydrogen-bond donors (Lipinski definition) is 0. The molecule has 8 heteroatoms. The van der Waals surface area contributed by atoms with Crippen LogP contribution in [0.4, 0.5) is 4.39 Å². The zero-order valence-electron chi connectivity index (χ0n) is 23.5. The summed E-state index contributed by atoms with van der Waals surface area (Å²) in [6.45, 7) is 4.50. The lowest BCUT2D eigenvalue weighted by atomic mass is 9.88. The number of aryl methyl sites for hydroxylation is 3. The van der Waals surface area contributed by atoms with Gasteiger partial charge in [0.2, 0.25) is 0 Å². The standard InChI is InChI=1S/C33H31FN2O5/c1-18-13-20(27-10-12-30(37)36(3)35-27)14-19(2)32(18)24-7-9-26(34)33-25(24)8-11-28(33)41-22-5-6-23-21(15-31(38)39-4)17-40-29(23)16-22/h5-7,9-10,12-14,16,21,28H,8,11,15,17H2,1-4H3/t21?,28-/m1/s1. The SMILES string of the molecule is COC(=O)CC1COc2cc(O[C@@H]3CCc4c(-c5c(C)cc(-c6ccc(=O)n(C)n6)cc5C)ccc(F)c43)ccc21. The molecule has 1 aliphatic heterocycles. The number of aromatic nitrogens is 2. The van der Waals surface area contributed by atoms with Gasteiger partial charge in [0, 0.05) is 41.8 Å². The lowest BCUT2D eigenvalue weighted by Gasteiger charge is -2.19. The third-order valence-electron chi connectivity index (χ3n) is 8.12. The van der Waals surface area contributed by atoms with Gasteiger partial charge in [-0.1, -0.05) is 12.1 Å². The minimum atomic E-state index is -0.426. The first-order chi connectivity index (χ1) is 19.7. The first kappa shape index (κ1) is 26.7. The first-order valence-electron chi connectivity index (χ1n) is 13.7. The Morgan fingerprint density at radius 2 is 1.88 bits per heavy atom. The quantitative estimate of drug-likeness (QED) is 0.273. The van der Waals surface area contributed by atoms with Crippen LogP contribution in [0.25, 0.3) is 22.4 Å². The molecule has 2 aliphatic rings. The molecule has 1 aromatic heterocycles. The lowest BCUT2D eigenvalue weighted by Crippen LogP contribution is -2.18. The predicted octanol–water partition coefficient (Wildman–Crippen LogP) is 5.98. The third-order valence-corrected chi connectivity index (χ3v) is 8.12. The molecular formula is C33H31FN2O5. The van der Waals surface area contributed by atoms with E-state index in [0.717, 1.165) is 44.6 Å². The van der Waals surface area contributed by atoms with Crippen LogP contribution in [-0.4, -0.2) is 29.5 Å². The van der Waals surface area contributed by atoms with Crippen LogP contribution < -0.4 is 15.0 Å². The number of benzene rings is 3. The van der Waals surface area contributed by atoms with Crippen LogP contribution in [-0.2, 0) is 23.0 Å². The van der Waals surface area contributed by atoms with E-state index in [1.165, 1.54) is 23.9 Å². The first-order valence-corrected chi connectivity index (χ1v) is 13.7. The van der Waals surface area contributed by atoms with Gasteiger partial charge in [-0.05, 0) is 84.8 Å². The molecule has 0 N–H and O–H groups in total. The summed E-state index contributed by atoms with van der Waals surface area (Å²) in [5.74, 6) is 0.684. The molecule has 0 fully saturated rings. The molecule has 0 radical (unpaired) electrons. The minimum Gasteiger partial charge on any atom is -0.492 e. The van der Waals surface area contributed by atoms with Gasteiger partial charge < -0.3 is 14.2 Å². The number of methoxy groups -OCH3 is 1. The Morgan fingerprint density at radius 3 is 2.61 bits per heavy atom. The molecule has 0 spiro atoms. The van der Waals surface area contributed by atoms with Crippen molar-refractivity contribution in [3.05, 3.63) is 98.6 Å². The molecule has 0 amide bonds. The van der Waals surface area contributed by atoms with Crippen LogP contribution in [0.15, 0.2) is 59.4 Å². The Labute approximate surface area is 237 Å². The molecule has 0 bridgehead atoms. The predicted molar refractivity (Wildman–Crippen MR) is 153 cm³/mol. The molecular weight excluding hydrogens is 523 g/mol. The van der Waals surface area contributed by atoms with E-state index in [0.29, 0.717) is 36.5 Å². The average Bonchev–Trinajstić information content (AvgIpc) is 3.55. The Morgan fingerprint density at radius 1 is 1.10 bits per heavy atom. The van der Waals surface area contributed by atoms with Crippen molar-refractivity contribution in [3.63, 3.8) is 0 Å². The third kappa shape index (κ3) is 4.88. The highest BCUT2D eigenvalue weighted by atomic mass is 19.1. The molecule has 1 aliphatic carbocycles. The molecule has 7 nitrogen and oxygen atoms in total. The van der Waals surface area contributed by atoms with Gasteiger partial charge in [-0.25, -0.2) is 9.07 Å². The number of halogens is 1. The summed E-state index contributed by atoms with van der Waals surface area (Å²) in [5.41, 5.74) is 8.16. The highest BCUT2D eigenvalue weighted by molar-refractivity contribution is 5.79. The van der Waals surface area contributed by atoms with Crippen molar-refractivity contribution in [2.75, 3.05) is 13.7 Å². The number of ether oxygens (including phenoxy) is 3. The molecule has 210 valence electrons. The fraction of sp³-hybridized carbons (Fsp3) is 0.303. The summed E-state index contributed by atoms with van der Waals surface area (Å²) in [7, 11) is 3.02. The highest BCUT2D eigenvalue weighted by Crippen LogP contribution is 2.45. The zero-order valence-corrected chi connectivity index (χ0v) is 23.5. The van der Waals surface area contributed by atoms with E-state index in [1.807, 2.05) is 38.1 Å². The van der Waals surface area contributed by atoms with Gasteiger partial charge in [0.25, 0.3) is 5.56 Å². The maximum absolute atomic E-state index is 15.3. The van der Waals surface area contributed by atoms with Crippen molar-refractivity contribution < 1.29 is 23.4 Å². The summed E-state index contributed by atoms with van der Waals surface area (Å²) < 4.78 is 33.6. The van der Waals surface area contributed by atoms with E-state index >= 15 is 4.39 Å². The van der Waals surface area contributed by atoms with Gasteiger partial charge in [-0.3, -0.25) is 9.59 Å². The Kier molecular flexibility index (Phi) is 6.85. The van der Waals surface area contributed by atoms with Crippen LogP contribution in [0.2, 0.25) is 0 Å². The van der Waals surface area contributed by atoms with Crippen molar-refractivity contribution >= 4 is 5.97 Å². The van der Waals surface area contributed by atoms with E-state index in [4.69, 9.17) is 14.2 Å². The Balaban J connectivity index is 1.30. The molecule has 2 atom stereocenters. The second kappa shape index (κ2) is 10.5. The zero-order chi connectivity index (χ0) is 28.8. The molecule has 0 saturated heterocycles. The molecule has 3 aromatic carbocycles. The van der Waals surface area contributed by atoms with Crippen molar-refractivity contribution in [3.8, 4) is 33.9 Å². The molecule has 1 unspecified atom stereocenters. The van der Waals surface area contributed by atoms with E-state index in [-0.39, 0.29) is 29.7 Å². The van der Waals surface area contributed by atoms with Crippen LogP contribution in [0.1, 0.15) is 52.7 Å². The monoisotopic (exact) mass is 554 g/mol. The van der Waals surface area contributed by atoms with Gasteiger partial charge in [0.05, 0.1) is 25.8 Å². The summed E-state index contributed by atoms with van der Waals surface area (Å²) in [4.78, 5) is 23.5. The molecule has 2 heterocycles. The average molecular weight is 555 g/mol. The van der Waals surface area contributed by atoms with Crippen molar-refractivity contribution in [2.45, 2.75) is 45.1 Å². The van der Waals surface area contributed by atoms with Gasteiger partial charge >= 0.3 is 5.97 Å². The highest BCUT2D eigenvalue weighted by Gasteiger charge is 2.32. The summed E-state index contributed by atoms with van der Waals surface area (Å²) in [6.07, 6.45) is 1.18. The summed E-state index contributed by atoms with van der Waals surface area (Å²) in [6, 6.07) is 16.4. The van der Waals surface area contributed by atoms with E-state index < -0.39 is 6.10 Å². The Hall–Kier alpha value is -4.46. The van der Waals surface area contributed by atoms with Crippen LogP contribution >= 0.6 is 0 Å². The van der Waals surface area contributed by atoms with Crippen LogP contribution in [0.5, 0.6) is 11.5 Å². The number of esters is 1. The van der Waals surface area contributed by atoms with Crippen LogP contribution in [0.3, 0.4) is 0 Å². The van der Waals surface area contributed by atoms with Crippen molar-refractivity contribution in [1.82, 2.24) is 9.78 Å². The largest absolute Gasteiger partial charge is 0.492 e. The van der Waals surface area contributed by atoms with Crippen molar-refractivity contribution in [2.24, 2.45) is 7.05 Å². The molecule has 4 aromatic rings. The topological polar surface area (TPSA) is 79.7 Å². The summed E-state index contributed by atoms with van der Waals surface area (Å²) in [5, 5.41) is 4.40. The maximum atomic E-state index is 15.3. The lowest BCUT2D eigenvalue weighted by molar-refractivity contribution is -0.141. The van der Waals surface area contributed by atoms with Gasteiger partial charge in [-0.15, -0.1) is 0 Å². The second-order valence-electron chi connectivity index (χ2n) is 10.8. The number of carbonyl (C=O) groups excluding carboxylic acids is 1. The number of nitrogens with zero attached hydrogens (tertiary/aromatic N) is 2.